The van der Waals surface area contributed by atoms with Crippen LogP contribution in [0.1, 0.15) is 0 Å². The van der Waals surface area contributed by atoms with Crippen molar-refractivity contribution in [1.82, 2.24) is 16.0 Å². The van der Waals surface area contributed by atoms with E-state index in [4.69, 9.17) is 5.11 Å². The molecule has 0 heterocycles. The van der Waals surface area contributed by atoms with E-state index >= 15 is 0 Å². The highest BCUT2D eigenvalue weighted by Gasteiger charge is 1.89. The van der Waals surface area contributed by atoms with Crippen molar-refractivity contribution in [2.24, 2.45) is 0 Å². The fourth-order valence-corrected chi connectivity index (χ4v) is 0.362. The first-order chi connectivity index (χ1) is 4.31. The fourth-order valence-electron chi connectivity index (χ4n) is 0.362. The van der Waals surface area contributed by atoms with Gasteiger partial charge in [0.2, 0.25) is 0 Å². The number of hydrogen-bond donors (Lipinski definition) is 3. The topological polar surface area (TPSA) is 47.5 Å². The number of hydrazine groups is 2. The van der Waals surface area contributed by atoms with Gasteiger partial charge in [0.25, 0.3) is 0 Å². The molecular weight excluding hydrogens is 118 g/mol. The van der Waals surface area contributed by atoms with Crippen LogP contribution in [0.2, 0.25) is 0 Å². The van der Waals surface area contributed by atoms with Crippen LogP contribution in [0.15, 0.2) is 12.8 Å². The number of rotatable bonds is 5. The molecule has 0 aromatic carbocycles. The zero-order valence-corrected chi connectivity index (χ0v) is 5.59. The van der Waals surface area contributed by atoms with Crippen molar-refractivity contribution in [2.75, 3.05) is 20.2 Å². The molecule has 0 fully saturated rings. The van der Waals surface area contributed by atoms with E-state index in [0.717, 1.165) is 0 Å². The molecule has 0 aromatic rings. The molecule has 4 nitrogen and oxygen atoms in total. The normalized spacial score (nSPS) is 9.67. The van der Waals surface area contributed by atoms with Gasteiger partial charge in [0.15, 0.2) is 0 Å². The average molecular weight is 131 g/mol. The van der Waals surface area contributed by atoms with Gasteiger partial charge in [0, 0.05) is 19.8 Å². The van der Waals surface area contributed by atoms with E-state index in [0.29, 0.717) is 6.54 Å². The zero-order chi connectivity index (χ0) is 7.11. The van der Waals surface area contributed by atoms with Gasteiger partial charge in [-0.1, -0.05) is 6.58 Å². The first kappa shape index (κ1) is 8.42. The minimum absolute atomic E-state index is 0.141. The Morgan fingerprint density at radius 3 is 2.89 bits per heavy atom. The monoisotopic (exact) mass is 131 g/mol. The van der Waals surface area contributed by atoms with Gasteiger partial charge < -0.3 is 10.5 Å². The van der Waals surface area contributed by atoms with Crippen LogP contribution in [0.25, 0.3) is 0 Å². The maximum absolute atomic E-state index is 8.40. The quantitative estimate of drug-likeness (QED) is 0.422. The van der Waals surface area contributed by atoms with Gasteiger partial charge in [0.05, 0.1) is 6.61 Å². The Bertz CT molecular complexity index is 76.6. The molecule has 0 unspecified atom stereocenters. The van der Waals surface area contributed by atoms with Crippen LogP contribution in [0.4, 0.5) is 0 Å². The highest BCUT2D eigenvalue weighted by atomic mass is 16.3. The molecular formula is C5H13N3O. The van der Waals surface area contributed by atoms with E-state index in [9.17, 15) is 0 Å². The molecule has 0 atom stereocenters. The van der Waals surface area contributed by atoms with E-state index in [1.54, 1.807) is 5.01 Å². The Kier molecular flexibility index (Phi) is 5.20. The SMILES string of the molecule is C=CNNN(C)CCO. The zero-order valence-electron chi connectivity index (χ0n) is 5.59. The second kappa shape index (κ2) is 5.55. The summed E-state index contributed by atoms with van der Waals surface area (Å²) in [6.45, 7) is 4.16. The van der Waals surface area contributed by atoms with E-state index in [1.807, 2.05) is 7.05 Å². The molecule has 0 aliphatic carbocycles. The summed E-state index contributed by atoms with van der Waals surface area (Å²) < 4.78 is 0. The summed E-state index contributed by atoms with van der Waals surface area (Å²) >= 11 is 0. The van der Waals surface area contributed by atoms with Crippen LogP contribution >= 0.6 is 0 Å². The number of aliphatic hydroxyl groups excluding tert-OH is 1. The molecule has 0 saturated carbocycles. The van der Waals surface area contributed by atoms with Crippen LogP contribution in [0, 0.1) is 0 Å². The highest BCUT2D eigenvalue weighted by molar-refractivity contribution is 4.56. The summed E-state index contributed by atoms with van der Waals surface area (Å²) in [4.78, 5) is 0. The van der Waals surface area contributed by atoms with Crippen molar-refractivity contribution in [3.8, 4) is 0 Å². The van der Waals surface area contributed by atoms with E-state index < -0.39 is 0 Å². The summed E-state index contributed by atoms with van der Waals surface area (Å²) in [6.07, 6.45) is 1.52. The van der Waals surface area contributed by atoms with Gasteiger partial charge in [-0.15, -0.1) is 0 Å². The van der Waals surface area contributed by atoms with Crippen molar-refractivity contribution < 1.29 is 5.11 Å². The number of hydrogen-bond acceptors (Lipinski definition) is 4. The Morgan fingerprint density at radius 2 is 2.44 bits per heavy atom. The summed E-state index contributed by atoms with van der Waals surface area (Å²) in [5.41, 5.74) is 5.40. The maximum atomic E-state index is 8.40. The predicted octanol–water partition coefficient (Wildman–Crippen LogP) is -0.937. The number of aliphatic hydroxyl groups is 1. The lowest BCUT2D eigenvalue weighted by Gasteiger charge is -2.15. The molecule has 3 N–H and O–H groups in total. The Balaban J connectivity index is 3.04. The molecule has 0 aliphatic heterocycles. The first-order valence-electron chi connectivity index (χ1n) is 2.75. The van der Waals surface area contributed by atoms with Gasteiger partial charge >= 0.3 is 0 Å². The fraction of sp³-hybridized carbons (Fsp3) is 0.600. The number of nitrogens with zero attached hydrogens (tertiary/aromatic N) is 1. The lowest BCUT2D eigenvalue weighted by Crippen LogP contribution is -2.43. The molecule has 0 amide bonds. The van der Waals surface area contributed by atoms with Gasteiger partial charge in [-0.25, -0.2) is 5.01 Å². The molecule has 0 saturated heterocycles. The van der Waals surface area contributed by atoms with Crippen LogP contribution < -0.4 is 11.0 Å². The Morgan fingerprint density at radius 1 is 1.78 bits per heavy atom. The summed E-state index contributed by atoms with van der Waals surface area (Å²) in [6, 6.07) is 0. The first-order valence-corrected chi connectivity index (χ1v) is 2.75. The smallest absolute Gasteiger partial charge is 0.0573 e. The van der Waals surface area contributed by atoms with Crippen LogP contribution in [0.5, 0.6) is 0 Å². The number of nitrogens with one attached hydrogen (secondary N) is 2. The molecule has 0 aromatic heterocycles. The standard InChI is InChI=1S/C5H13N3O/c1-3-6-7-8(2)4-5-9/h3,6-7,9H,1,4-5H2,2H3. The Labute approximate surface area is 55.1 Å². The van der Waals surface area contributed by atoms with E-state index in [2.05, 4.69) is 17.5 Å². The highest BCUT2D eigenvalue weighted by Crippen LogP contribution is 1.67. The maximum Gasteiger partial charge on any atom is 0.0573 e. The van der Waals surface area contributed by atoms with Gasteiger partial charge in [-0.05, 0) is 0 Å². The van der Waals surface area contributed by atoms with Crippen molar-refractivity contribution in [1.29, 1.82) is 0 Å². The van der Waals surface area contributed by atoms with Crippen LogP contribution in [0.3, 0.4) is 0 Å². The minimum Gasteiger partial charge on any atom is -0.395 e. The van der Waals surface area contributed by atoms with Crippen LogP contribution in [-0.2, 0) is 0 Å². The minimum atomic E-state index is 0.141. The molecule has 0 rings (SSSR count). The molecule has 0 bridgehead atoms. The number of likely N-dealkylation sites (N-methyl/N-ethyl adjacent to an activating group) is 1. The van der Waals surface area contributed by atoms with Crippen molar-refractivity contribution in [2.45, 2.75) is 0 Å². The van der Waals surface area contributed by atoms with Gasteiger partial charge in [0.1, 0.15) is 0 Å². The third kappa shape index (κ3) is 5.29. The molecule has 9 heavy (non-hydrogen) atoms. The van der Waals surface area contributed by atoms with E-state index in [1.165, 1.54) is 6.20 Å². The average Bonchev–Trinajstić information content (AvgIpc) is 1.85. The largest absolute Gasteiger partial charge is 0.395 e. The third-order valence-electron chi connectivity index (χ3n) is 0.793. The second-order valence-electron chi connectivity index (χ2n) is 1.61. The predicted molar refractivity (Wildman–Crippen MR) is 36.2 cm³/mol. The van der Waals surface area contributed by atoms with Gasteiger partial charge in [-0.3, -0.25) is 0 Å². The van der Waals surface area contributed by atoms with Gasteiger partial charge in [-0.2, -0.15) is 5.53 Å². The van der Waals surface area contributed by atoms with Crippen molar-refractivity contribution in [3.05, 3.63) is 12.8 Å². The van der Waals surface area contributed by atoms with Crippen LogP contribution in [-0.4, -0.2) is 30.3 Å². The van der Waals surface area contributed by atoms with Crippen molar-refractivity contribution >= 4 is 0 Å². The summed E-state index contributed by atoms with van der Waals surface area (Å²) in [5, 5.41) is 10.1. The molecule has 54 valence electrons. The lowest BCUT2D eigenvalue weighted by atomic mass is 10.7. The molecule has 4 heteroatoms. The Hall–Kier alpha value is -0.580. The summed E-state index contributed by atoms with van der Waals surface area (Å²) in [7, 11) is 1.81. The molecule has 0 radical (unpaired) electrons. The lowest BCUT2D eigenvalue weighted by molar-refractivity contribution is 0.159. The van der Waals surface area contributed by atoms with Crippen molar-refractivity contribution in [3.63, 3.8) is 0 Å². The summed E-state index contributed by atoms with van der Waals surface area (Å²) in [5.74, 6) is 0. The molecule has 0 aliphatic rings. The third-order valence-corrected chi connectivity index (χ3v) is 0.793. The molecule has 0 spiro atoms. The second-order valence-corrected chi connectivity index (χ2v) is 1.61. The van der Waals surface area contributed by atoms with E-state index in [-0.39, 0.29) is 6.61 Å².